The fraction of sp³-hybridized carbons (Fsp3) is 0.222. The smallest absolute Gasteiger partial charge is 0.0205 e. The van der Waals surface area contributed by atoms with Gasteiger partial charge < -0.3 is 5.32 Å². The van der Waals surface area contributed by atoms with Crippen LogP contribution >= 0.6 is 11.8 Å². The first-order chi connectivity index (χ1) is 9.88. The number of benzene rings is 2. The van der Waals surface area contributed by atoms with Crippen molar-refractivity contribution in [3.05, 3.63) is 71.8 Å². The van der Waals surface area contributed by atoms with Crippen LogP contribution in [-0.2, 0) is 6.54 Å². The van der Waals surface area contributed by atoms with Gasteiger partial charge in [-0.25, -0.2) is 0 Å². The van der Waals surface area contributed by atoms with Crippen molar-refractivity contribution in [2.24, 2.45) is 0 Å². The highest BCUT2D eigenvalue weighted by Gasteiger charge is 1.95. The number of hydrogen-bond donors (Lipinski definition) is 1. The Hall–Kier alpha value is -1.51. The minimum absolute atomic E-state index is 0.949. The third-order valence-electron chi connectivity index (χ3n) is 2.93. The van der Waals surface area contributed by atoms with Crippen LogP contribution in [-0.4, -0.2) is 12.3 Å². The Morgan fingerprint density at radius 1 is 1.05 bits per heavy atom. The van der Waals surface area contributed by atoms with Crippen molar-refractivity contribution in [2.75, 3.05) is 12.3 Å². The number of rotatable bonds is 7. The van der Waals surface area contributed by atoms with Crippen LogP contribution in [0, 0.1) is 0 Å². The summed E-state index contributed by atoms with van der Waals surface area (Å²) in [5.74, 6) is 1.000. The van der Waals surface area contributed by atoms with Crippen LogP contribution < -0.4 is 5.32 Å². The molecule has 0 unspecified atom stereocenters. The molecule has 0 aliphatic heterocycles. The lowest BCUT2D eigenvalue weighted by molar-refractivity contribution is 0.725. The Morgan fingerprint density at radius 3 is 2.70 bits per heavy atom. The molecule has 2 rings (SSSR count). The summed E-state index contributed by atoms with van der Waals surface area (Å²) < 4.78 is 0. The van der Waals surface area contributed by atoms with Gasteiger partial charge in [0.1, 0.15) is 0 Å². The SMILES string of the molecule is CCNCc1cccc(SCC=Cc2ccccc2)c1. The second kappa shape index (κ2) is 8.62. The van der Waals surface area contributed by atoms with E-state index in [0.29, 0.717) is 0 Å². The molecule has 0 radical (unpaired) electrons. The van der Waals surface area contributed by atoms with Gasteiger partial charge in [-0.1, -0.05) is 61.5 Å². The summed E-state index contributed by atoms with van der Waals surface area (Å²) >= 11 is 1.87. The van der Waals surface area contributed by atoms with Gasteiger partial charge in [0.05, 0.1) is 0 Å². The van der Waals surface area contributed by atoms with Crippen LogP contribution in [0.3, 0.4) is 0 Å². The van der Waals surface area contributed by atoms with Gasteiger partial charge in [-0.05, 0) is 29.8 Å². The summed E-state index contributed by atoms with van der Waals surface area (Å²) in [6.45, 7) is 4.09. The van der Waals surface area contributed by atoms with Gasteiger partial charge >= 0.3 is 0 Å². The lowest BCUT2D eigenvalue weighted by atomic mass is 10.2. The molecule has 0 bridgehead atoms. The number of hydrogen-bond acceptors (Lipinski definition) is 2. The molecule has 0 aliphatic carbocycles. The molecule has 0 fully saturated rings. The van der Waals surface area contributed by atoms with E-state index in [1.807, 2.05) is 17.8 Å². The van der Waals surface area contributed by atoms with Crippen molar-refractivity contribution < 1.29 is 0 Å². The molecule has 0 heterocycles. The van der Waals surface area contributed by atoms with Crippen molar-refractivity contribution in [3.8, 4) is 0 Å². The van der Waals surface area contributed by atoms with Crippen molar-refractivity contribution >= 4 is 17.8 Å². The molecule has 2 aromatic carbocycles. The molecular weight excluding hydrogens is 262 g/mol. The van der Waals surface area contributed by atoms with E-state index < -0.39 is 0 Å². The minimum Gasteiger partial charge on any atom is -0.313 e. The largest absolute Gasteiger partial charge is 0.313 e. The van der Waals surface area contributed by atoms with Gasteiger partial charge in [-0.15, -0.1) is 11.8 Å². The maximum absolute atomic E-state index is 3.36. The summed E-state index contributed by atoms with van der Waals surface area (Å²) in [6, 6.07) is 19.2. The third-order valence-corrected chi connectivity index (χ3v) is 3.88. The minimum atomic E-state index is 0.949. The van der Waals surface area contributed by atoms with Gasteiger partial charge in [0.2, 0.25) is 0 Å². The van der Waals surface area contributed by atoms with E-state index in [1.54, 1.807) is 0 Å². The zero-order valence-electron chi connectivity index (χ0n) is 11.9. The topological polar surface area (TPSA) is 12.0 Å². The zero-order valence-corrected chi connectivity index (χ0v) is 12.7. The normalized spacial score (nSPS) is 11.1. The summed E-state index contributed by atoms with van der Waals surface area (Å²) in [7, 11) is 0. The molecule has 0 saturated carbocycles. The van der Waals surface area contributed by atoms with E-state index in [4.69, 9.17) is 0 Å². The zero-order chi connectivity index (χ0) is 14.0. The molecule has 0 aromatic heterocycles. The van der Waals surface area contributed by atoms with E-state index >= 15 is 0 Å². The molecule has 0 amide bonds. The second-order valence-electron chi connectivity index (χ2n) is 4.55. The lowest BCUT2D eigenvalue weighted by Crippen LogP contribution is -2.11. The van der Waals surface area contributed by atoms with Crippen LogP contribution in [0.5, 0.6) is 0 Å². The Kier molecular flexibility index (Phi) is 6.42. The first-order valence-electron chi connectivity index (χ1n) is 7.02. The molecule has 2 heteroatoms. The molecule has 0 spiro atoms. The molecule has 104 valence electrons. The third kappa shape index (κ3) is 5.24. The quantitative estimate of drug-likeness (QED) is 0.745. The predicted molar refractivity (Wildman–Crippen MR) is 90.0 cm³/mol. The van der Waals surface area contributed by atoms with Crippen LogP contribution in [0.1, 0.15) is 18.1 Å². The summed E-state index contributed by atoms with van der Waals surface area (Å²) in [5.41, 5.74) is 2.61. The van der Waals surface area contributed by atoms with E-state index in [1.165, 1.54) is 16.0 Å². The van der Waals surface area contributed by atoms with Crippen molar-refractivity contribution in [1.29, 1.82) is 0 Å². The van der Waals surface area contributed by atoms with Gasteiger partial charge in [0, 0.05) is 17.2 Å². The molecule has 20 heavy (non-hydrogen) atoms. The lowest BCUT2D eigenvalue weighted by Gasteiger charge is -2.04. The van der Waals surface area contributed by atoms with Gasteiger partial charge in [-0.3, -0.25) is 0 Å². The maximum atomic E-state index is 3.36. The van der Waals surface area contributed by atoms with Crippen LogP contribution in [0.15, 0.2) is 65.6 Å². The Morgan fingerprint density at radius 2 is 1.90 bits per heavy atom. The van der Waals surface area contributed by atoms with Crippen molar-refractivity contribution in [1.82, 2.24) is 5.32 Å². The highest BCUT2D eigenvalue weighted by Crippen LogP contribution is 2.19. The molecule has 0 aliphatic rings. The van der Waals surface area contributed by atoms with Crippen molar-refractivity contribution in [3.63, 3.8) is 0 Å². The molecule has 2 aromatic rings. The molecular formula is C18H21NS. The van der Waals surface area contributed by atoms with Gasteiger partial charge in [-0.2, -0.15) is 0 Å². The number of nitrogens with one attached hydrogen (secondary N) is 1. The Labute approximate surface area is 126 Å². The summed E-state index contributed by atoms with van der Waals surface area (Å²) in [5, 5.41) is 3.36. The summed E-state index contributed by atoms with van der Waals surface area (Å²) in [4.78, 5) is 1.33. The average Bonchev–Trinajstić information content (AvgIpc) is 2.51. The Bertz CT molecular complexity index is 534. The first kappa shape index (κ1) is 14.9. The van der Waals surface area contributed by atoms with E-state index in [9.17, 15) is 0 Å². The average molecular weight is 283 g/mol. The maximum Gasteiger partial charge on any atom is 0.0205 e. The highest BCUT2D eigenvalue weighted by molar-refractivity contribution is 7.99. The van der Waals surface area contributed by atoms with E-state index in [0.717, 1.165) is 18.8 Å². The monoisotopic (exact) mass is 283 g/mol. The molecule has 1 N–H and O–H groups in total. The van der Waals surface area contributed by atoms with E-state index in [-0.39, 0.29) is 0 Å². The van der Waals surface area contributed by atoms with E-state index in [2.05, 4.69) is 72.9 Å². The predicted octanol–water partition coefficient (Wildman–Crippen LogP) is 4.60. The fourth-order valence-electron chi connectivity index (χ4n) is 1.91. The molecule has 1 nitrogen and oxygen atoms in total. The molecule has 0 saturated heterocycles. The standard InChI is InChI=1S/C18H21NS/c1-2-19-15-17-10-6-12-18(14-17)20-13-7-11-16-8-4-3-5-9-16/h3-12,14,19H,2,13,15H2,1H3. The first-order valence-corrected chi connectivity index (χ1v) is 8.01. The van der Waals surface area contributed by atoms with Crippen molar-refractivity contribution in [2.45, 2.75) is 18.4 Å². The fourth-order valence-corrected chi connectivity index (χ4v) is 2.70. The van der Waals surface area contributed by atoms with Crippen LogP contribution in [0.4, 0.5) is 0 Å². The number of thioether (sulfide) groups is 1. The van der Waals surface area contributed by atoms with Crippen LogP contribution in [0.2, 0.25) is 0 Å². The van der Waals surface area contributed by atoms with Crippen LogP contribution in [0.25, 0.3) is 6.08 Å². The van der Waals surface area contributed by atoms with Gasteiger partial charge in [0.15, 0.2) is 0 Å². The second-order valence-corrected chi connectivity index (χ2v) is 5.65. The van der Waals surface area contributed by atoms with Gasteiger partial charge in [0.25, 0.3) is 0 Å². The summed E-state index contributed by atoms with van der Waals surface area (Å²) in [6.07, 6.45) is 4.40. The Balaban J connectivity index is 1.83. The highest BCUT2D eigenvalue weighted by atomic mass is 32.2. The molecule has 0 atom stereocenters.